The zero-order valence-electron chi connectivity index (χ0n) is 10.5. The molecule has 16 heavy (non-hydrogen) atoms. The van der Waals surface area contributed by atoms with Crippen LogP contribution >= 0.6 is 0 Å². The van der Waals surface area contributed by atoms with Crippen LogP contribution in [0.4, 0.5) is 0 Å². The van der Waals surface area contributed by atoms with Crippen LogP contribution in [0.3, 0.4) is 0 Å². The number of hydrogen-bond acceptors (Lipinski definition) is 2. The van der Waals surface area contributed by atoms with Gasteiger partial charge in [-0.25, -0.2) is 0 Å². The molecule has 0 N–H and O–H groups in total. The molecule has 0 aromatic heterocycles. The van der Waals surface area contributed by atoms with Crippen molar-refractivity contribution in [3.63, 3.8) is 0 Å². The Morgan fingerprint density at radius 1 is 1.19 bits per heavy atom. The zero-order chi connectivity index (χ0) is 11.6. The maximum Gasteiger partial charge on any atom is 0.209 e. The van der Waals surface area contributed by atoms with Crippen molar-refractivity contribution in [3.05, 3.63) is 0 Å². The first-order valence-corrected chi connectivity index (χ1v) is 6.67. The molecular formula is C13H25NO2. The first kappa shape index (κ1) is 13.5. The van der Waals surface area contributed by atoms with E-state index in [1.807, 2.05) is 4.90 Å². The van der Waals surface area contributed by atoms with Gasteiger partial charge in [-0.3, -0.25) is 4.79 Å². The fourth-order valence-corrected chi connectivity index (χ4v) is 2.10. The fourth-order valence-electron chi connectivity index (χ4n) is 2.10. The third-order valence-corrected chi connectivity index (χ3v) is 3.23. The Balaban J connectivity index is 1.92. The Bertz CT molecular complexity index is 177. The smallest absolute Gasteiger partial charge is 0.209 e. The molecule has 0 radical (unpaired) electrons. The molecule has 0 aliphatic carbocycles. The van der Waals surface area contributed by atoms with E-state index in [1.165, 1.54) is 32.1 Å². The van der Waals surface area contributed by atoms with Crippen LogP contribution in [0.15, 0.2) is 0 Å². The number of nitrogens with zero attached hydrogens (tertiary/aromatic N) is 1. The summed E-state index contributed by atoms with van der Waals surface area (Å²) in [5.41, 5.74) is 0. The van der Waals surface area contributed by atoms with E-state index in [0.29, 0.717) is 6.10 Å². The fraction of sp³-hybridized carbons (Fsp3) is 0.923. The van der Waals surface area contributed by atoms with Crippen LogP contribution in [-0.2, 0) is 9.53 Å². The van der Waals surface area contributed by atoms with E-state index in [1.54, 1.807) is 0 Å². The molecule has 3 heteroatoms. The number of ether oxygens (including phenoxy) is 1. The second-order valence-corrected chi connectivity index (χ2v) is 4.63. The van der Waals surface area contributed by atoms with E-state index in [4.69, 9.17) is 4.74 Å². The SMILES string of the molecule is CCCCCCCOC1CCN(C=O)CC1. The maximum atomic E-state index is 10.5. The highest BCUT2D eigenvalue weighted by Gasteiger charge is 2.17. The molecule has 0 aromatic rings. The number of hydrogen-bond donors (Lipinski definition) is 0. The summed E-state index contributed by atoms with van der Waals surface area (Å²) in [6.45, 7) is 4.86. The minimum Gasteiger partial charge on any atom is -0.378 e. The van der Waals surface area contributed by atoms with Crippen molar-refractivity contribution in [3.8, 4) is 0 Å². The van der Waals surface area contributed by atoms with E-state index >= 15 is 0 Å². The third-order valence-electron chi connectivity index (χ3n) is 3.23. The van der Waals surface area contributed by atoms with Crippen LogP contribution < -0.4 is 0 Å². The Morgan fingerprint density at radius 3 is 2.50 bits per heavy atom. The number of likely N-dealkylation sites (tertiary alicyclic amines) is 1. The Morgan fingerprint density at radius 2 is 1.88 bits per heavy atom. The van der Waals surface area contributed by atoms with Gasteiger partial charge >= 0.3 is 0 Å². The molecule has 1 amide bonds. The van der Waals surface area contributed by atoms with Crippen molar-refractivity contribution < 1.29 is 9.53 Å². The molecule has 3 nitrogen and oxygen atoms in total. The first-order valence-electron chi connectivity index (χ1n) is 6.67. The molecule has 0 unspecified atom stereocenters. The molecule has 1 saturated heterocycles. The molecule has 0 atom stereocenters. The average molecular weight is 227 g/mol. The summed E-state index contributed by atoms with van der Waals surface area (Å²) in [4.78, 5) is 12.3. The largest absolute Gasteiger partial charge is 0.378 e. The van der Waals surface area contributed by atoms with Crippen LogP contribution in [0.1, 0.15) is 51.9 Å². The summed E-state index contributed by atoms with van der Waals surface area (Å²) in [5, 5.41) is 0. The minimum atomic E-state index is 0.391. The van der Waals surface area contributed by atoms with Gasteiger partial charge in [0.05, 0.1) is 6.10 Å². The lowest BCUT2D eigenvalue weighted by molar-refractivity contribution is -0.120. The van der Waals surface area contributed by atoms with Gasteiger partial charge in [-0.05, 0) is 19.3 Å². The van der Waals surface area contributed by atoms with Crippen LogP contribution in [0.5, 0.6) is 0 Å². The lowest BCUT2D eigenvalue weighted by atomic mass is 10.1. The van der Waals surface area contributed by atoms with Gasteiger partial charge in [-0.15, -0.1) is 0 Å². The highest BCUT2D eigenvalue weighted by Crippen LogP contribution is 2.13. The highest BCUT2D eigenvalue weighted by molar-refractivity contribution is 5.47. The predicted octanol–water partition coefficient (Wildman–Crippen LogP) is 2.59. The van der Waals surface area contributed by atoms with Gasteiger partial charge in [0.2, 0.25) is 6.41 Å². The summed E-state index contributed by atoms with van der Waals surface area (Å²) >= 11 is 0. The minimum absolute atomic E-state index is 0.391. The summed E-state index contributed by atoms with van der Waals surface area (Å²) in [7, 11) is 0. The van der Waals surface area contributed by atoms with Crippen molar-refractivity contribution >= 4 is 6.41 Å². The molecule has 94 valence electrons. The highest BCUT2D eigenvalue weighted by atomic mass is 16.5. The van der Waals surface area contributed by atoms with E-state index < -0.39 is 0 Å². The van der Waals surface area contributed by atoms with E-state index in [2.05, 4.69) is 6.92 Å². The van der Waals surface area contributed by atoms with E-state index in [-0.39, 0.29) is 0 Å². The van der Waals surface area contributed by atoms with Crippen molar-refractivity contribution in [2.24, 2.45) is 0 Å². The maximum absolute atomic E-state index is 10.5. The lowest BCUT2D eigenvalue weighted by Gasteiger charge is -2.29. The van der Waals surface area contributed by atoms with Gasteiger partial charge in [0.1, 0.15) is 0 Å². The van der Waals surface area contributed by atoms with E-state index in [9.17, 15) is 4.79 Å². The van der Waals surface area contributed by atoms with Crippen molar-refractivity contribution in [1.29, 1.82) is 0 Å². The lowest BCUT2D eigenvalue weighted by Crippen LogP contribution is -2.36. The molecule has 0 saturated carbocycles. The standard InChI is InChI=1S/C13H25NO2/c1-2-3-4-5-6-11-16-13-7-9-14(12-15)10-8-13/h12-13H,2-11H2,1H3. The number of carbonyl (C=O) groups excluding carboxylic acids is 1. The molecule has 1 heterocycles. The second kappa shape index (κ2) is 8.57. The normalized spacial score (nSPS) is 17.7. The predicted molar refractivity (Wildman–Crippen MR) is 65.4 cm³/mol. The zero-order valence-corrected chi connectivity index (χ0v) is 10.5. The van der Waals surface area contributed by atoms with Crippen LogP contribution in [0, 0.1) is 0 Å². The number of carbonyl (C=O) groups is 1. The summed E-state index contributed by atoms with van der Waals surface area (Å²) in [6.07, 6.45) is 9.81. The van der Waals surface area contributed by atoms with Gasteiger partial charge in [-0.1, -0.05) is 32.6 Å². The van der Waals surface area contributed by atoms with Gasteiger partial charge in [0, 0.05) is 19.7 Å². The molecule has 1 rings (SSSR count). The molecule has 1 fully saturated rings. The van der Waals surface area contributed by atoms with Crippen LogP contribution in [0.25, 0.3) is 0 Å². The molecular weight excluding hydrogens is 202 g/mol. The Hall–Kier alpha value is -0.570. The van der Waals surface area contributed by atoms with Gasteiger partial charge in [0.25, 0.3) is 0 Å². The summed E-state index contributed by atoms with van der Waals surface area (Å²) in [5.74, 6) is 0. The number of unbranched alkanes of at least 4 members (excludes halogenated alkanes) is 4. The van der Waals surface area contributed by atoms with Gasteiger partial charge in [-0.2, -0.15) is 0 Å². The van der Waals surface area contributed by atoms with Crippen molar-refractivity contribution in [2.75, 3.05) is 19.7 Å². The molecule has 0 aromatic carbocycles. The van der Waals surface area contributed by atoms with Crippen molar-refractivity contribution in [2.45, 2.75) is 58.0 Å². The molecule has 1 aliphatic rings. The Kier molecular flexibility index (Phi) is 7.23. The topological polar surface area (TPSA) is 29.5 Å². The number of rotatable bonds is 8. The molecule has 0 spiro atoms. The first-order chi connectivity index (χ1) is 7.86. The second-order valence-electron chi connectivity index (χ2n) is 4.63. The molecule has 0 bridgehead atoms. The monoisotopic (exact) mass is 227 g/mol. The summed E-state index contributed by atoms with van der Waals surface area (Å²) < 4.78 is 5.81. The summed E-state index contributed by atoms with van der Waals surface area (Å²) in [6, 6.07) is 0. The third kappa shape index (κ3) is 5.50. The molecule has 1 aliphatic heterocycles. The quantitative estimate of drug-likeness (QED) is 0.471. The number of amides is 1. The van der Waals surface area contributed by atoms with Gasteiger partial charge < -0.3 is 9.64 Å². The van der Waals surface area contributed by atoms with Gasteiger partial charge in [0.15, 0.2) is 0 Å². The van der Waals surface area contributed by atoms with Crippen LogP contribution in [0.2, 0.25) is 0 Å². The Labute approximate surface area is 99.1 Å². The number of piperidine rings is 1. The van der Waals surface area contributed by atoms with Crippen LogP contribution in [-0.4, -0.2) is 37.1 Å². The van der Waals surface area contributed by atoms with E-state index in [0.717, 1.165) is 38.9 Å². The average Bonchev–Trinajstić information content (AvgIpc) is 2.34. The van der Waals surface area contributed by atoms with Crippen molar-refractivity contribution in [1.82, 2.24) is 4.90 Å².